The fraction of sp³-hybridized carbons (Fsp3) is 0.300. The normalized spacial score (nSPS) is 16.9. The highest BCUT2D eigenvalue weighted by molar-refractivity contribution is 7.89. The van der Waals surface area contributed by atoms with Crippen molar-refractivity contribution in [3.63, 3.8) is 0 Å². The minimum Gasteiger partial charge on any atom is -0.497 e. The number of ether oxygens (including phenoxy) is 1. The molecule has 2 amide bonds. The Kier molecular flexibility index (Phi) is 6.50. The molecule has 8 nitrogen and oxygen atoms in total. The summed E-state index contributed by atoms with van der Waals surface area (Å²) in [6.07, 6.45) is 1.06. The van der Waals surface area contributed by atoms with Crippen LogP contribution in [0.15, 0.2) is 59.5 Å². The minimum absolute atomic E-state index is 0.0890. The van der Waals surface area contributed by atoms with Gasteiger partial charge in [0.05, 0.1) is 18.4 Å². The van der Waals surface area contributed by atoms with E-state index in [4.69, 9.17) is 4.74 Å². The Morgan fingerprint density at radius 1 is 1.07 bits per heavy atom. The van der Waals surface area contributed by atoms with Crippen LogP contribution in [-0.2, 0) is 26.0 Å². The van der Waals surface area contributed by atoms with E-state index in [1.165, 1.54) is 23.5 Å². The van der Waals surface area contributed by atoms with Crippen LogP contribution in [-0.4, -0.2) is 44.2 Å². The summed E-state index contributed by atoms with van der Waals surface area (Å²) in [4.78, 5) is 24.7. The lowest BCUT2D eigenvalue weighted by molar-refractivity contribution is -0.130. The Bertz CT molecular complexity index is 961. The molecule has 0 aliphatic carbocycles. The molecule has 29 heavy (non-hydrogen) atoms. The van der Waals surface area contributed by atoms with Crippen molar-refractivity contribution < 1.29 is 22.7 Å². The van der Waals surface area contributed by atoms with Gasteiger partial charge in [0.15, 0.2) is 0 Å². The molecule has 1 fully saturated rings. The van der Waals surface area contributed by atoms with E-state index in [9.17, 15) is 18.0 Å². The molecule has 0 spiro atoms. The second-order valence-corrected chi connectivity index (χ2v) is 8.54. The summed E-state index contributed by atoms with van der Waals surface area (Å²) in [6, 6.07) is 14.2. The van der Waals surface area contributed by atoms with Crippen molar-refractivity contribution in [3.05, 3.63) is 60.2 Å². The maximum atomic E-state index is 12.9. The monoisotopic (exact) mass is 417 g/mol. The summed E-state index contributed by atoms with van der Waals surface area (Å²) >= 11 is 0. The SMILES string of the molecule is COc1ccc(S(=O)(=O)N2CCC[C@H]2C(=O)NNC(=O)Cc2ccccc2)cc1. The highest BCUT2D eigenvalue weighted by atomic mass is 32.2. The smallest absolute Gasteiger partial charge is 0.256 e. The summed E-state index contributed by atoms with van der Waals surface area (Å²) in [6.45, 7) is 0.240. The molecular weight excluding hydrogens is 394 g/mol. The third-order valence-electron chi connectivity index (χ3n) is 4.70. The molecule has 2 aromatic rings. The summed E-state index contributed by atoms with van der Waals surface area (Å²) < 4.78 is 32.1. The molecule has 0 bridgehead atoms. The first-order valence-electron chi connectivity index (χ1n) is 9.20. The third-order valence-corrected chi connectivity index (χ3v) is 6.63. The zero-order chi connectivity index (χ0) is 20.9. The first kappa shape index (κ1) is 20.8. The van der Waals surface area contributed by atoms with E-state index in [1.54, 1.807) is 12.1 Å². The molecule has 2 aromatic carbocycles. The van der Waals surface area contributed by atoms with Crippen molar-refractivity contribution in [2.75, 3.05) is 13.7 Å². The van der Waals surface area contributed by atoms with Gasteiger partial charge < -0.3 is 4.74 Å². The largest absolute Gasteiger partial charge is 0.497 e. The molecule has 0 saturated carbocycles. The number of amides is 2. The molecule has 1 aliphatic heterocycles. The highest BCUT2D eigenvalue weighted by Crippen LogP contribution is 2.27. The summed E-state index contributed by atoms with van der Waals surface area (Å²) in [5.74, 6) is -0.395. The van der Waals surface area contributed by atoms with E-state index in [0.29, 0.717) is 18.6 Å². The topological polar surface area (TPSA) is 105 Å². The van der Waals surface area contributed by atoms with Gasteiger partial charge in [-0.05, 0) is 42.7 Å². The number of hydrogen-bond donors (Lipinski definition) is 2. The molecule has 1 atom stereocenters. The molecule has 2 N–H and O–H groups in total. The van der Waals surface area contributed by atoms with Crippen LogP contribution in [0.25, 0.3) is 0 Å². The van der Waals surface area contributed by atoms with Gasteiger partial charge in [-0.3, -0.25) is 20.4 Å². The Morgan fingerprint density at radius 2 is 1.76 bits per heavy atom. The van der Waals surface area contributed by atoms with Crippen LogP contribution in [0.2, 0.25) is 0 Å². The summed E-state index contributed by atoms with van der Waals surface area (Å²) in [5, 5.41) is 0. The average molecular weight is 417 g/mol. The van der Waals surface area contributed by atoms with Crippen LogP contribution in [0.1, 0.15) is 18.4 Å². The van der Waals surface area contributed by atoms with E-state index in [1.807, 2.05) is 30.3 Å². The van der Waals surface area contributed by atoms with Gasteiger partial charge in [0, 0.05) is 6.54 Å². The lowest BCUT2D eigenvalue weighted by Gasteiger charge is -2.23. The molecule has 0 aromatic heterocycles. The van der Waals surface area contributed by atoms with Gasteiger partial charge in [-0.25, -0.2) is 8.42 Å². The zero-order valence-electron chi connectivity index (χ0n) is 16.0. The van der Waals surface area contributed by atoms with E-state index >= 15 is 0 Å². The zero-order valence-corrected chi connectivity index (χ0v) is 16.8. The van der Waals surface area contributed by atoms with Crippen molar-refractivity contribution >= 4 is 21.8 Å². The van der Waals surface area contributed by atoms with Crippen LogP contribution < -0.4 is 15.6 Å². The van der Waals surface area contributed by atoms with Gasteiger partial charge in [0.1, 0.15) is 11.8 Å². The molecule has 1 saturated heterocycles. The van der Waals surface area contributed by atoms with Crippen LogP contribution in [0.3, 0.4) is 0 Å². The number of methoxy groups -OCH3 is 1. The average Bonchev–Trinajstić information content (AvgIpc) is 3.24. The lowest BCUT2D eigenvalue weighted by atomic mass is 10.1. The predicted octanol–water partition coefficient (Wildman–Crippen LogP) is 1.24. The Labute approximate surface area is 169 Å². The lowest BCUT2D eigenvalue weighted by Crippen LogP contribution is -2.51. The summed E-state index contributed by atoms with van der Waals surface area (Å²) in [7, 11) is -2.34. The first-order valence-corrected chi connectivity index (χ1v) is 10.6. The van der Waals surface area contributed by atoms with Crippen LogP contribution in [0, 0.1) is 0 Å². The number of rotatable bonds is 6. The molecule has 9 heteroatoms. The van der Waals surface area contributed by atoms with E-state index in [2.05, 4.69) is 10.9 Å². The molecule has 154 valence electrons. The van der Waals surface area contributed by atoms with Gasteiger partial charge in [0.2, 0.25) is 15.9 Å². The predicted molar refractivity (Wildman–Crippen MR) is 106 cm³/mol. The quantitative estimate of drug-likeness (QED) is 0.688. The first-order chi connectivity index (χ1) is 13.9. The second-order valence-electron chi connectivity index (χ2n) is 6.65. The number of sulfonamides is 1. The van der Waals surface area contributed by atoms with E-state index < -0.39 is 22.0 Å². The van der Waals surface area contributed by atoms with Crippen molar-refractivity contribution in [1.29, 1.82) is 0 Å². The maximum Gasteiger partial charge on any atom is 0.256 e. The minimum atomic E-state index is -3.84. The standard InChI is InChI=1S/C20H23N3O5S/c1-28-16-9-11-17(12-10-16)29(26,27)23-13-5-8-18(23)20(25)22-21-19(24)14-15-6-3-2-4-7-15/h2-4,6-7,9-12,18H,5,8,13-14H2,1H3,(H,21,24)(H,22,25)/t18-/m0/s1. The van der Waals surface area contributed by atoms with Crippen LogP contribution in [0.5, 0.6) is 5.75 Å². The molecular formula is C20H23N3O5S. The number of hydrazine groups is 1. The van der Waals surface area contributed by atoms with Crippen LogP contribution in [0.4, 0.5) is 0 Å². The Hall–Kier alpha value is -2.91. The fourth-order valence-electron chi connectivity index (χ4n) is 3.21. The van der Waals surface area contributed by atoms with E-state index in [0.717, 1.165) is 5.56 Å². The number of hydrogen-bond acceptors (Lipinski definition) is 5. The molecule has 3 rings (SSSR count). The van der Waals surface area contributed by atoms with Crippen molar-refractivity contribution in [2.24, 2.45) is 0 Å². The van der Waals surface area contributed by atoms with E-state index in [-0.39, 0.29) is 23.8 Å². The molecule has 1 aliphatic rings. The number of benzene rings is 2. The van der Waals surface area contributed by atoms with Crippen molar-refractivity contribution in [2.45, 2.75) is 30.2 Å². The van der Waals surface area contributed by atoms with Crippen molar-refractivity contribution in [3.8, 4) is 5.75 Å². The molecule has 1 heterocycles. The number of nitrogens with zero attached hydrogens (tertiary/aromatic N) is 1. The fourth-order valence-corrected chi connectivity index (χ4v) is 4.87. The molecule has 0 radical (unpaired) electrons. The molecule has 0 unspecified atom stereocenters. The Balaban J connectivity index is 1.63. The summed E-state index contributed by atoms with van der Waals surface area (Å²) in [5.41, 5.74) is 5.52. The number of carbonyl (C=O) groups is 2. The third kappa shape index (κ3) is 4.93. The Morgan fingerprint density at radius 3 is 2.41 bits per heavy atom. The van der Waals surface area contributed by atoms with Gasteiger partial charge in [-0.1, -0.05) is 30.3 Å². The second kappa shape index (κ2) is 9.06. The number of nitrogens with one attached hydrogen (secondary N) is 2. The van der Waals surface area contributed by atoms with Crippen LogP contribution >= 0.6 is 0 Å². The van der Waals surface area contributed by atoms with Gasteiger partial charge >= 0.3 is 0 Å². The van der Waals surface area contributed by atoms with Gasteiger partial charge in [-0.15, -0.1) is 0 Å². The van der Waals surface area contributed by atoms with Gasteiger partial charge in [0.25, 0.3) is 5.91 Å². The number of carbonyl (C=O) groups excluding carboxylic acids is 2. The van der Waals surface area contributed by atoms with Gasteiger partial charge in [-0.2, -0.15) is 4.31 Å². The maximum absolute atomic E-state index is 12.9. The van der Waals surface area contributed by atoms with Crippen molar-refractivity contribution in [1.82, 2.24) is 15.2 Å². The highest BCUT2D eigenvalue weighted by Gasteiger charge is 2.39.